The van der Waals surface area contributed by atoms with Crippen molar-refractivity contribution < 1.29 is 21.0 Å². The highest BCUT2D eigenvalue weighted by atomic mass is 32.2. The van der Waals surface area contributed by atoms with Crippen molar-refractivity contribution >= 4 is 37.0 Å². The summed E-state index contributed by atoms with van der Waals surface area (Å²) in [7, 11) is -5.64. The van der Waals surface area contributed by atoms with Crippen LogP contribution in [0.15, 0.2) is 76.9 Å². The first-order valence-corrected chi connectivity index (χ1v) is 15.7. The summed E-state index contributed by atoms with van der Waals surface area (Å²) in [6.45, 7) is 3.97. The van der Waals surface area contributed by atoms with Gasteiger partial charge >= 0.3 is 0 Å². The molecule has 0 bridgehead atoms. The molecule has 2 aromatic heterocycles. The van der Waals surface area contributed by atoms with Crippen LogP contribution in [-0.4, -0.2) is 50.5 Å². The van der Waals surface area contributed by atoms with Crippen LogP contribution in [0.4, 0.5) is 5.82 Å². The van der Waals surface area contributed by atoms with Crippen molar-refractivity contribution in [3.63, 3.8) is 0 Å². The first-order chi connectivity index (χ1) is 18.6. The topological polar surface area (TPSA) is 111 Å². The van der Waals surface area contributed by atoms with Crippen molar-refractivity contribution in [2.45, 2.75) is 55.4 Å². The molecule has 39 heavy (non-hydrogen) atoms. The molecule has 1 fully saturated rings. The van der Waals surface area contributed by atoms with Gasteiger partial charge in [-0.3, -0.25) is 4.18 Å². The molecule has 0 spiro atoms. The Bertz CT molecular complexity index is 1670. The van der Waals surface area contributed by atoms with Crippen LogP contribution in [0, 0.1) is 19.8 Å². The van der Waals surface area contributed by atoms with Crippen LogP contribution in [0.25, 0.3) is 11.0 Å². The van der Waals surface area contributed by atoms with Gasteiger partial charge in [0.2, 0.25) is 0 Å². The Kier molecular flexibility index (Phi) is 7.49. The van der Waals surface area contributed by atoms with Gasteiger partial charge in [0.1, 0.15) is 12.1 Å². The highest BCUT2D eigenvalue weighted by Crippen LogP contribution is 2.33. The minimum absolute atomic E-state index is 0.140. The van der Waals surface area contributed by atoms with E-state index in [9.17, 15) is 16.8 Å². The number of aryl methyl sites for hydroxylation is 2. The molecule has 0 N–H and O–H groups in total. The molecule has 1 saturated carbocycles. The van der Waals surface area contributed by atoms with Crippen molar-refractivity contribution in [2.24, 2.45) is 5.92 Å². The Morgan fingerprint density at radius 2 is 1.44 bits per heavy atom. The lowest BCUT2D eigenvalue weighted by molar-refractivity contribution is 0.204. The molecule has 5 rings (SSSR count). The Hall–Kier alpha value is -3.28. The number of benzene rings is 2. The van der Waals surface area contributed by atoms with E-state index in [1.54, 1.807) is 54.6 Å². The minimum atomic E-state index is -3.81. The summed E-state index contributed by atoms with van der Waals surface area (Å²) in [5, 5.41) is 0.658. The zero-order valence-corrected chi connectivity index (χ0v) is 23.8. The Morgan fingerprint density at radius 1 is 0.846 bits per heavy atom. The summed E-state index contributed by atoms with van der Waals surface area (Å²) >= 11 is 0. The number of rotatable bonds is 8. The van der Waals surface area contributed by atoms with Crippen LogP contribution in [0.1, 0.15) is 36.8 Å². The second-order valence-corrected chi connectivity index (χ2v) is 13.6. The summed E-state index contributed by atoms with van der Waals surface area (Å²) < 4.78 is 58.3. The highest BCUT2D eigenvalue weighted by Gasteiger charge is 2.29. The maximum absolute atomic E-state index is 13.3. The summed E-state index contributed by atoms with van der Waals surface area (Å²) in [6.07, 6.45) is 6.22. The van der Waals surface area contributed by atoms with Crippen molar-refractivity contribution in [1.82, 2.24) is 13.9 Å². The number of aromatic nitrogens is 3. The van der Waals surface area contributed by atoms with Crippen LogP contribution in [0.2, 0.25) is 0 Å². The third kappa shape index (κ3) is 5.57. The summed E-state index contributed by atoms with van der Waals surface area (Å²) in [6, 6.07) is 15.3. The van der Waals surface area contributed by atoms with E-state index >= 15 is 0 Å². The predicted octanol–water partition coefficient (Wildman–Crippen LogP) is 4.69. The summed E-state index contributed by atoms with van der Waals surface area (Å²) in [5.41, 5.74) is 2.30. The standard InChI is InChI=1S/C28H32N4O5S2/c1-20-4-12-24(13-5-20)38(33,34)32-17-16-26-27(29-19-30-28(26)32)31(3)23-10-8-22(9-11-23)18-37-39(35,36)25-14-6-21(2)7-15-25/h4-7,12-17,19,22-23H,8-11,18H2,1-3H3. The number of nitrogens with zero attached hydrogens (tertiary/aromatic N) is 4. The van der Waals surface area contributed by atoms with E-state index < -0.39 is 20.1 Å². The van der Waals surface area contributed by atoms with Crippen molar-refractivity contribution in [3.8, 4) is 0 Å². The predicted molar refractivity (Wildman–Crippen MR) is 150 cm³/mol. The van der Waals surface area contributed by atoms with E-state index in [1.165, 1.54) is 16.5 Å². The first-order valence-electron chi connectivity index (χ1n) is 12.9. The smallest absolute Gasteiger partial charge is 0.296 e. The maximum Gasteiger partial charge on any atom is 0.296 e. The van der Waals surface area contributed by atoms with Crippen LogP contribution >= 0.6 is 0 Å². The van der Waals surface area contributed by atoms with E-state index in [0.29, 0.717) is 16.9 Å². The first kappa shape index (κ1) is 27.3. The molecule has 2 aromatic carbocycles. The molecule has 206 valence electrons. The minimum Gasteiger partial charge on any atom is -0.356 e. The van der Waals surface area contributed by atoms with Gasteiger partial charge in [-0.2, -0.15) is 8.42 Å². The fourth-order valence-electron chi connectivity index (χ4n) is 5.04. The zero-order chi connectivity index (χ0) is 27.8. The van der Waals surface area contributed by atoms with Gasteiger partial charge in [0.25, 0.3) is 20.1 Å². The lowest BCUT2D eigenvalue weighted by atomic mass is 9.86. The second-order valence-electron chi connectivity index (χ2n) is 10.2. The van der Waals surface area contributed by atoms with E-state index in [1.807, 2.05) is 20.9 Å². The molecule has 0 unspecified atom stereocenters. The van der Waals surface area contributed by atoms with Crippen LogP contribution < -0.4 is 4.90 Å². The van der Waals surface area contributed by atoms with Gasteiger partial charge in [0.05, 0.1) is 21.8 Å². The number of hydrogen-bond donors (Lipinski definition) is 0. The normalized spacial score (nSPS) is 18.3. The summed E-state index contributed by atoms with van der Waals surface area (Å²) in [5.74, 6) is 0.806. The van der Waals surface area contributed by atoms with Gasteiger partial charge < -0.3 is 4.90 Å². The van der Waals surface area contributed by atoms with Gasteiger partial charge in [0, 0.05) is 19.3 Å². The average Bonchev–Trinajstić information content (AvgIpc) is 3.38. The SMILES string of the molecule is Cc1ccc(S(=O)(=O)OCC2CCC(N(C)c3ncnc4c3ccn4S(=O)(=O)c3ccc(C)cc3)CC2)cc1. The Morgan fingerprint density at radius 3 is 2.05 bits per heavy atom. The lowest BCUT2D eigenvalue weighted by Gasteiger charge is -2.35. The van der Waals surface area contributed by atoms with Crippen LogP contribution in [0.5, 0.6) is 0 Å². The third-order valence-corrected chi connectivity index (χ3v) is 10.4. The molecule has 0 saturated heterocycles. The van der Waals surface area contributed by atoms with Crippen LogP contribution in [-0.2, 0) is 24.3 Å². The van der Waals surface area contributed by atoms with Gasteiger partial charge in [-0.25, -0.2) is 22.4 Å². The largest absolute Gasteiger partial charge is 0.356 e. The number of fused-ring (bicyclic) bond motifs is 1. The fourth-order valence-corrected chi connectivity index (χ4v) is 7.32. The van der Waals surface area contributed by atoms with Gasteiger partial charge in [0.15, 0.2) is 5.65 Å². The Balaban J connectivity index is 1.26. The third-order valence-electron chi connectivity index (χ3n) is 7.47. The molecule has 1 aliphatic rings. The lowest BCUT2D eigenvalue weighted by Crippen LogP contribution is -2.36. The average molecular weight is 569 g/mol. The molecule has 0 radical (unpaired) electrons. The van der Waals surface area contributed by atoms with Crippen molar-refractivity contribution in [1.29, 1.82) is 0 Å². The van der Waals surface area contributed by atoms with Crippen molar-refractivity contribution in [2.75, 3.05) is 18.6 Å². The van der Waals surface area contributed by atoms with Gasteiger partial charge in [-0.15, -0.1) is 0 Å². The number of anilines is 1. The monoisotopic (exact) mass is 568 g/mol. The molecular weight excluding hydrogens is 536 g/mol. The molecule has 9 nitrogen and oxygen atoms in total. The van der Waals surface area contributed by atoms with Gasteiger partial charge in [-0.1, -0.05) is 35.4 Å². The maximum atomic E-state index is 13.3. The second kappa shape index (κ2) is 10.7. The fraction of sp³-hybridized carbons (Fsp3) is 0.357. The van der Waals surface area contributed by atoms with E-state index in [4.69, 9.17) is 4.18 Å². The molecule has 1 aliphatic carbocycles. The molecule has 11 heteroatoms. The zero-order valence-electron chi connectivity index (χ0n) is 22.2. The molecule has 0 aliphatic heterocycles. The van der Waals surface area contributed by atoms with Crippen LogP contribution in [0.3, 0.4) is 0 Å². The molecule has 0 atom stereocenters. The quantitative estimate of drug-likeness (QED) is 0.282. The Labute approximate surface area is 229 Å². The molecule has 0 amide bonds. The van der Waals surface area contributed by atoms with E-state index in [-0.39, 0.29) is 28.4 Å². The highest BCUT2D eigenvalue weighted by molar-refractivity contribution is 7.90. The molecular formula is C28H32N4O5S2. The molecule has 4 aromatic rings. The summed E-state index contributed by atoms with van der Waals surface area (Å²) in [4.78, 5) is 11.2. The number of hydrogen-bond acceptors (Lipinski definition) is 8. The van der Waals surface area contributed by atoms with E-state index in [0.717, 1.165) is 36.8 Å². The van der Waals surface area contributed by atoms with Crippen molar-refractivity contribution in [3.05, 3.63) is 78.2 Å². The van der Waals surface area contributed by atoms with Gasteiger partial charge in [-0.05, 0) is 75.8 Å². The molecule has 2 heterocycles. The van der Waals surface area contributed by atoms with E-state index in [2.05, 4.69) is 14.9 Å².